The van der Waals surface area contributed by atoms with Crippen LogP contribution in [0.5, 0.6) is 5.75 Å². The van der Waals surface area contributed by atoms with Gasteiger partial charge in [-0.05, 0) is 30.3 Å². The summed E-state index contributed by atoms with van der Waals surface area (Å²) in [5.74, 6) is 0.118. The van der Waals surface area contributed by atoms with E-state index in [0.717, 1.165) is 0 Å². The van der Waals surface area contributed by atoms with Gasteiger partial charge < -0.3 is 5.11 Å². The molecule has 2 rings (SSSR count). The lowest BCUT2D eigenvalue weighted by Crippen LogP contribution is -1.86. The molecule has 0 spiro atoms. The highest BCUT2D eigenvalue weighted by molar-refractivity contribution is 6.33. The quantitative estimate of drug-likeness (QED) is 0.513. The molecule has 19 heavy (non-hydrogen) atoms. The lowest BCUT2D eigenvalue weighted by Gasteiger charge is -1.97. The molecule has 0 aliphatic carbocycles. The number of benzene rings is 2. The number of rotatable bonds is 3. The predicted octanol–water partition coefficient (Wildman–Crippen LogP) is 4.37. The number of nitro benzene ring substituents is 1. The van der Waals surface area contributed by atoms with Crippen LogP contribution < -0.4 is 0 Å². The van der Waals surface area contributed by atoms with E-state index in [0.29, 0.717) is 5.69 Å². The summed E-state index contributed by atoms with van der Waals surface area (Å²) in [5, 5.41) is 27.8. The Morgan fingerprint density at radius 3 is 2.42 bits per heavy atom. The van der Waals surface area contributed by atoms with Crippen LogP contribution in [0.1, 0.15) is 0 Å². The minimum Gasteiger partial charge on any atom is -0.508 e. The highest BCUT2D eigenvalue weighted by Gasteiger charge is 2.09. The zero-order valence-electron chi connectivity index (χ0n) is 9.52. The number of phenolic OH excluding ortho intramolecular Hbond substituents is 1. The first-order chi connectivity index (χ1) is 9.06. The van der Waals surface area contributed by atoms with Crippen LogP contribution in [0.3, 0.4) is 0 Å². The lowest BCUT2D eigenvalue weighted by atomic mass is 10.3. The molecule has 6 nitrogen and oxygen atoms in total. The molecule has 0 aliphatic heterocycles. The van der Waals surface area contributed by atoms with Gasteiger partial charge in [-0.1, -0.05) is 11.6 Å². The van der Waals surface area contributed by atoms with E-state index < -0.39 is 4.92 Å². The number of phenols is 1. The fourth-order valence-corrected chi connectivity index (χ4v) is 1.48. The molecule has 0 aromatic heterocycles. The maximum absolute atomic E-state index is 10.6. The van der Waals surface area contributed by atoms with Gasteiger partial charge in [0.25, 0.3) is 5.69 Å². The van der Waals surface area contributed by atoms with Gasteiger partial charge in [0.15, 0.2) is 0 Å². The molecular formula is C12H8ClN3O3. The van der Waals surface area contributed by atoms with Crippen LogP contribution in [-0.2, 0) is 0 Å². The van der Waals surface area contributed by atoms with Gasteiger partial charge >= 0.3 is 0 Å². The Balaban J connectivity index is 2.29. The van der Waals surface area contributed by atoms with E-state index in [2.05, 4.69) is 10.2 Å². The van der Waals surface area contributed by atoms with Crippen LogP contribution in [0.25, 0.3) is 0 Å². The van der Waals surface area contributed by atoms with Crippen LogP contribution in [-0.4, -0.2) is 10.0 Å². The number of nitro groups is 1. The molecule has 0 atom stereocenters. The summed E-state index contributed by atoms with van der Waals surface area (Å²) >= 11 is 5.88. The molecule has 0 amide bonds. The third kappa shape index (κ3) is 3.26. The van der Waals surface area contributed by atoms with Crippen LogP contribution >= 0.6 is 11.6 Å². The molecule has 0 saturated heterocycles. The van der Waals surface area contributed by atoms with Crippen molar-refractivity contribution in [1.82, 2.24) is 0 Å². The zero-order chi connectivity index (χ0) is 13.8. The molecule has 0 aliphatic rings. The van der Waals surface area contributed by atoms with Gasteiger partial charge in [-0.25, -0.2) is 0 Å². The minimum atomic E-state index is -0.532. The van der Waals surface area contributed by atoms with E-state index in [1.807, 2.05) is 0 Å². The number of hydrogen-bond donors (Lipinski definition) is 1. The Hall–Kier alpha value is -2.47. The third-order valence-electron chi connectivity index (χ3n) is 2.26. The van der Waals surface area contributed by atoms with E-state index in [9.17, 15) is 10.1 Å². The second-order valence-electron chi connectivity index (χ2n) is 3.61. The molecule has 0 unspecified atom stereocenters. The Bertz CT molecular complexity index is 641. The Morgan fingerprint density at radius 1 is 1.11 bits per heavy atom. The standard InChI is InChI=1S/C12H8ClN3O3/c13-11-6-3-9(16(18)19)7-12(11)15-14-8-1-4-10(17)5-2-8/h1-7,17H. The average Bonchev–Trinajstić information content (AvgIpc) is 2.39. The summed E-state index contributed by atoms with van der Waals surface area (Å²) in [5.41, 5.74) is 0.605. The topological polar surface area (TPSA) is 88.1 Å². The number of nitrogens with zero attached hydrogens (tertiary/aromatic N) is 3. The highest BCUT2D eigenvalue weighted by Crippen LogP contribution is 2.30. The van der Waals surface area contributed by atoms with Crippen molar-refractivity contribution in [3.8, 4) is 5.75 Å². The predicted molar refractivity (Wildman–Crippen MR) is 70.4 cm³/mol. The van der Waals surface area contributed by atoms with Crippen LogP contribution in [0.15, 0.2) is 52.7 Å². The number of halogens is 1. The SMILES string of the molecule is O=[N+]([O-])c1ccc(Cl)c(N=Nc2ccc(O)cc2)c1. The first-order valence-electron chi connectivity index (χ1n) is 5.21. The number of non-ortho nitro benzene ring substituents is 1. The Labute approximate surface area is 113 Å². The first-order valence-corrected chi connectivity index (χ1v) is 5.59. The van der Waals surface area contributed by atoms with E-state index in [-0.39, 0.29) is 22.1 Å². The van der Waals surface area contributed by atoms with Crippen LogP contribution in [0, 0.1) is 10.1 Å². The molecule has 0 saturated carbocycles. The summed E-state index contributed by atoms with van der Waals surface area (Å²) in [6, 6.07) is 9.97. The van der Waals surface area contributed by atoms with Crippen molar-refractivity contribution in [3.63, 3.8) is 0 Å². The molecule has 2 aromatic rings. The minimum absolute atomic E-state index is 0.107. The normalized spacial score (nSPS) is 10.8. The lowest BCUT2D eigenvalue weighted by molar-refractivity contribution is -0.384. The summed E-state index contributed by atoms with van der Waals surface area (Å²) in [6.07, 6.45) is 0. The molecule has 1 N–H and O–H groups in total. The number of hydrogen-bond acceptors (Lipinski definition) is 5. The molecule has 7 heteroatoms. The fraction of sp³-hybridized carbons (Fsp3) is 0. The second kappa shape index (κ2) is 5.45. The summed E-state index contributed by atoms with van der Waals surface area (Å²) in [6.45, 7) is 0. The first kappa shape index (κ1) is 13.0. The molecule has 0 fully saturated rings. The van der Waals surface area contributed by atoms with E-state index in [4.69, 9.17) is 16.7 Å². The van der Waals surface area contributed by atoms with Gasteiger partial charge in [0, 0.05) is 12.1 Å². The molecule has 0 heterocycles. The van der Waals surface area contributed by atoms with Gasteiger partial charge in [-0.3, -0.25) is 10.1 Å². The maximum atomic E-state index is 10.6. The van der Waals surface area contributed by atoms with Gasteiger partial charge in [0.2, 0.25) is 0 Å². The summed E-state index contributed by atoms with van der Waals surface area (Å²) in [4.78, 5) is 10.1. The Morgan fingerprint density at radius 2 is 1.79 bits per heavy atom. The van der Waals surface area contributed by atoms with Crippen molar-refractivity contribution in [2.45, 2.75) is 0 Å². The molecule has 0 bridgehead atoms. The van der Waals surface area contributed by atoms with Crippen molar-refractivity contribution in [3.05, 3.63) is 57.6 Å². The largest absolute Gasteiger partial charge is 0.508 e. The van der Waals surface area contributed by atoms with Gasteiger partial charge in [0.05, 0.1) is 15.6 Å². The van der Waals surface area contributed by atoms with Crippen LogP contribution in [0.2, 0.25) is 5.02 Å². The van der Waals surface area contributed by atoms with E-state index in [1.54, 1.807) is 12.1 Å². The molecule has 0 radical (unpaired) electrons. The van der Waals surface area contributed by atoms with Crippen LogP contribution in [0.4, 0.5) is 17.1 Å². The second-order valence-corrected chi connectivity index (χ2v) is 4.02. The van der Waals surface area contributed by atoms with E-state index >= 15 is 0 Å². The van der Waals surface area contributed by atoms with Crippen molar-refractivity contribution in [2.24, 2.45) is 10.2 Å². The summed E-state index contributed by atoms with van der Waals surface area (Å²) < 4.78 is 0. The van der Waals surface area contributed by atoms with Gasteiger partial charge in [-0.2, -0.15) is 5.11 Å². The molecular weight excluding hydrogens is 270 g/mol. The fourth-order valence-electron chi connectivity index (χ4n) is 1.32. The van der Waals surface area contributed by atoms with Crippen molar-refractivity contribution in [1.29, 1.82) is 0 Å². The van der Waals surface area contributed by atoms with Gasteiger partial charge in [0.1, 0.15) is 11.4 Å². The summed E-state index contributed by atoms with van der Waals surface area (Å²) in [7, 11) is 0. The Kier molecular flexibility index (Phi) is 3.72. The number of azo groups is 1. The number of aromatic hydroxyl groups is 1. The highest BCUT2D eigenvalue weighted by atomic mass is 35.5. The monoisotopic (exact) mass is 277 g/mol. The smallest absolute Gasteiger partial charge is 0.271 e. The van der Waals surface area contributed by atoms with Gasteiger partial charge in [-0.15, -0.1) is 5.11 Å². The molecule has 96 valence electrons. The zero-order valence-corrected chi connectivity index (χ0v) is 10.3. The maximum Gasteiger partial charge on any atom is 0.271 e. The van der Waals surface area contributed by atoms with Crippen molar-refractivity contribution in [2.75, 3.05) is 0 Å². The van der Waals surface area contributed by atoms with E-state index in [1.165, 1.54) is 30.3 Å². The van der Waals surface area contributed by atoms with Crippen molar-refractivity contribution >= 4 is 28.7 Å². The average molecular weight is 278 g/mol. The third-order valence-corrected chi connectivity index (χ3v) is 2.58. The van der Waals surface area contributed by atoms with Crippen molar-refractivity contribution < 1.29 is 10.0 Å². The molecule has 2 aromatic carbocycles.